The Hall–Kier alpha value is -3.75. The molecule has 7 nitrogen and oxygen atoms in total. The molecule has 1 unspecified atom stereocenters. The van der Waals surface area contributed by atoms with E-state index >= 15 is 0 Å². The first kappa shape index (κ1) is 24.6. The highest BCUT2D eigenvalue weighted by atomic mass is 35.5. The first-order valence-electron chi connectivity index (χ1n) is 12.4. The summed E-state index contributed by atoms with van der Waals surface area (Å²) in [6.45, 7) is 4.03. The second-order valence-electron chi connectivity index (χ2n) is 9.62. The number of ether oxygens (including phenoxy) is 2. The molecule has 0 radical (unpaired) electrons. The molecular formula is C29H24ClFN2O5. The lowest BCUT2D eigenvalue weighted by Gasteiger charge is -2.31. The van der Waals surface area contributed by atoms with Gasteiger partial charge in [-0.1, -0.05) is 25.4 Å². The topological polar surface area (TPSA) is 90.6 Å². The molecule has 4 heterocycles. The fourth-order valence-corrected chi connectivity index (χ4v) is 5.74. The molecule has 1 N–H and O–H groups in total. The van der Waals surface area contributed by atoms with Crippen LogP contribution in [0.2, 0.25) is 5.02 Å². The first-order chi connectivity index (χ1) is 18.2. The number of esters is 1. The maximum Gasteiger partial charge on any atom is 0.343 e. The van der Waals surface area contributed by atoms with Crippen molar-refractivity contribution in [3.05, 3.63) is 91.5 Å². The molecular weight excluding hydrogens is 511 g/mol. The Kier molecular flexibility index (Phi) is 5.77. The monoisotopic (exact) mass is 534 g/mol. The third-order valence-electron chi connectivity index (χ3n) is 7.46. The summed E-state index contributed by atoms with van der Waals surface area (Å²) < 4.78 is 26.4. The van der Waals surface area contributed by atoms with Gasteiger partial charge in [-0.05, 0) is 66.4 Å². The summed E-state index contributed by atoms with van der Waals surface area (Å²) in [5.41, 5.74) is 2.95. The number of aromatic nitrogens is 2. The second-order valence-corrected chi connectivity index (χ2v) is 10.1. The number of halogens is 2. The minimum Gasteiger partial charge on any atom is -0.489 e. The Labute approximate surface area is 222 Å². The number of aliphatic hydroxyl groups is 1. The van der Waals surface area contributed by atoms with Crippen molar-refractivity contribution >= 4 is 28.5 Å². The van der Waals surface area contributed by atoms with E-state index in [1.165, 1.54) is 12.1 Å². The van der Waals surface area contributed by atoms with Gasteiger partial charge >= 0.3 is 5.97 Å². The summed E-state index contributed by atoms with van der Waals surface area (Å²) in [5, 5.41) is 12.3. The molecule has 194 valence electrons. The van der Waals surface area contributed by atoms with Crippen molar-refractivity contribution < 1.29 is 23.8 Å². The van der Waals surface area contributed by atoms with Crippen molar-refractivity contribution in [1.29, 1.82) is 0 Å². The lowest BCUT2D eigenvalue weighted by molar-refractivity contribution is -0.172. The third-order valence-corrected chi connectivity index (χ3v) is 7.68. The zero-order valence-corrected chi connectivity index (χ0v) is 21.6. The number of cyclic esters (lactones) is 1. The molecule has 0 bridgehead atoms. The molecule has 0 aliphatic carbocycles. The first-order valence-corrected chi connectivity index (χ1v) is 12.8. The van der Waals surface area contributed by atoms with Crippen LogP contribution >= 0.6 is 11.6 Å². The number of hydrogen-bond donors (Lipinski definition) is 1. The van der Waals surface area contributed by atoms with Gasteiger partial charge in [0.15, 0.2) is 5.60 Å². The fraction of sp³-hybridized carbons (Fsp3) is 0.276. The number of pyridine rings is 2. The Morgan fingerprint density at radius 3 is 2.71 bits per heavy atom. The van der Waals surface area contributed by atoms with Crippen molar-refractivity contribution in [3.63, 3.8) is 0 Å². The zero-order valence-electron chi connectivity index (χ0n) is 20.8. The van der Waals surface area contributed by atoms with E-state index in [-0.39, 0.29) is 25.2 Å². The number of aryl methyl sites for hydroxylation is 1. The van der Waals surface area contributed by atoms with Crippen LogP contribution < -0.4 is 10.3 Å². The van der Waals surface area contributed by atoms with E-state index < -0.39 is 17.4 Å². The van der Waals surface area contributed by atoms with Crippen molar-refractivity contribution in [2.75, 3.05) is 0 Å². The van der Waals surface area contributed by atoms with Gasteiger partial charge in [-0.25, -0.2) is 14.2 Å². The van der Waals surface area contributed by atoms with Gasteiger partial charge in [-0.3, -0.25) is 4.79 Å². The molecule has 0 spiro atoms. The van der Waals surface area contributed by atoms with Gasteiger partial charge in [-0.2, -0.15) is 0 Å². The highest BCUT2D eigenvalue weighted by Crippen LogP contribution is 2.40. The number of hydrogen-bond acceptors (Lipinski definition) is 6. The van der Waals surface area contributed by atoms with Crippen LogP contribution in [0, 0.1) is 5.82 Å². The summed E-state index contributed by atoms with van der Waals surface area (Å²) in [7, 11) is 0. The lowest BCUT2D eigenvalue weighted by Crippen LogP contribution is -2.44. The van der Waals surface area contributed by atoms with Crippen LogP contribution in [0.1, 0.15) is 48.1 Å². The predicted octanol–water partition coefficient (Wildman–Crippen LogP) is 5.01. The largest absolute Gasteiger partial charge is 0.489 e. The molecule has 9 heteroatoms. The van der Waals surface area contributed by atoms with Crippen molar-refractivity contribution in [2.45, 2.75) is 52.0 Å². The van der Waals surface area contributed by atoms with E-state index in [1.54, 1.807) is 29.7 Å². The molecule has 0 saturated heterocycles. The highest BCUT2D eigenvalue weighted by molar-refractivity contribution is 6.30. The molecule has 6 rings (SSSR count). The van der Waals surface area contributed by atoms with Crippen molar-refractivity contribution in [2.24, 2.45) is 0 Å². The Bertz CT molecular complexity index is 1700. The van der Waals surface area contributed by atoms with Crippen LogP contribution in [0.4, 0.5) is 4.39 Å². The van der Waals surface area contributed by atoms with Gasteiger partial charge in [-0.15, -0.1) is 0 Å². The number of carbonyl (C=O) groups excluding carboxylic acids is 1. The highest BCUT2D eigenvalue weighted by Gasteiger charge is 2.45. The van der Waals surface area contributed by atoms with E-state index in [4.69, 9.17) is 26.1 Å². The number of fused-ring (bicyclic) bond motifs is 5. The summed E-state index contributed by atoms with van der Waals surface area (Å²) in [4.78, 5) is 30.8. The third kappa shape index (κ3) is 3.70. The smallest absolute Gasteiger partial charge is 0.343 e. The minimum atomic E-state index is -1.87. The average molecular weight is 535 g/mol. The molecule has 1 atom stereocenters. The summed E-state index contributed by atoms with van der Waals surface area (Å²) in [6, 6.07) is 11.5. The normalized spacial score (nSPS) is 17.7. The Balaban J connectivity index is 1.43. The van der Waals surface area contributed by atoms with Crippen molar-refractivity contribution in [1.82, 2.24) is 9.55 Å². The molecule has 2 aromatic carbocycles. The van der Waals surface area contributed by atoms with E-state index in [0.29, 0.717) is 51.8 Å². The minimum absolute atomic E-state index is 0.0878. The number of rotatable bonds is 5. The van der Waals surface area contributed by atoms with Crippen molar-refractivity contribution in [3.8, 4) is 17.1 Å². The van der Waals surface area contributed by atoms with Crippen LogP contribution in [0.25, 0.3) is 22.3 Å². The van der Waals surface area contributed by atoms with Crippen LogP contribution in [-0.2, 0) is 41.3 Å². The molecule has 0 fully saturated rings. The average Bonchev–Trinajstić information content (AvgIpc) is 3.26. The van der Waals surface area contributed by atoms with Gasteiger partial charge in [0.1, 0.15) is 24.8 Å². The standard InChI is InChI=1S/C29H24ClFN2O5/c1-3-19-20-10-18(37-13-15-7-16(30)9-17(31)8-15)5-6-24(20)32-26-21(19)12-33-25(26)11-23-22(27(33)34)14-38-28(35)29(23,36)4-2/h5-11,36H,3-4,12-14H2,1-2H3. The number of carbonyl (C=O) groups is 1. The fourth-order valence-electron chi connectivity index (χ4n) is 5.50. The van der Waals surface area contributed by atoms with E-state index in [2.05, 4.69) is 0 Å². The molecule has 2 aliphatic rings. The maximum absolute atomic E-state index is 13.7. The van der Waals surface area contributed by atoms with E-state index in [9.17, 15) is 19.1 Å². The summed E-state index contributed by atoms with van der Waals surface area (Å²) >= 11 is 5.96. The van der Waals surface area contributed by atoms with Crippen LogP contribution in [-0.4, -0.2) is 20.6 Å². The molecule has 4 aromatic rings. The Morgan fingerprint density at radius 2 is 1.97 bits per heavy atom. The van der Waals surface area contributed by atoms with Crippen LogP contribution in [0.3, 0.4) is 0 Å². The quantitative estimate of drug-likeness (QED) is 0.319. The van der Waals surface area contributed by atoms with Gasteiger partial charge in [0.2, 0.25) is 0 Å². The molecule has 2 aromatic heterocycles. The Morgan fingerprint density at radius 1 is 1.16 bits per heavy atom. The second kappa shape index (κ2) is 8.92. The molecule has 0 amide bonds. The molecule has 0 saturated carbocycles. The van der Waals surface area contributed by atoms with Gasteiger partial charge in [0.25, 0.3) is 5.56 Å². The predicted molar refractivity (Wildman–Crippen MR) is 140 cm³/mol. The lowest BCUT2D eigenvalue weighted by atomic mass is 9.86. The van der Waals surface area contributed by atoms with Crippen LogP contribution in [0.15, 0.2) is 47.3 Å². The number of nitrogens with zero attached hydrogens (tertiary/aromatic N) is 2. The van der Waals surface area contributed by atoms with Gasteiger partial charge in [0, 0.05) is 21.5 Å². The van der Waals surface area contributed by atoms with Gasteiger partial charge in [0.05, 0.1) is 29.0 Å². The van der Waals surface area contributed by atoms with Gasteiger partial charge < -0.3 is 19.1 Å². The summed E-state index contributed by atoms with van der Waals surface area (Å²) in [6.07, 6.45) is 0.776. The number of benzene rings is 2. The molecule has 2 aliphatic heterocycles. The zero-order chi connectivity index (χ0) is 26.8. The van der Waals surface area contributed by atoms with E-state index in [1.807, 2.05) is 19.1 Å². The maximum atomic E-state index is 13.7. The van der Waals surface area contributed by atoms with E-state index in [0.717, 1.165) is 22.0 Å². The summed E-state index contributed by atoms with van der Waals surface area (Å²) in [5.74, 6) is -0.572. The van der Waals surface area contributed by atoms with Crippen LogP contribution in [0.5, 0.6) is 5.75 Å². The SMILES string of the molecule is CCc1c2c(nc3ccc(OCc4cc(F)cc(Cl)c4)cc13)-c1cc3c(c(=O)n1C2)COC(=O)C3(O)CC. The molecule has 38 heavy (non-hydrogen) atoms.